The third kappa shape index (κ3) is 76.3. The molecule has 0 radical (unpaired) electrons. The summed E-state index contributed by atoms with van der Waals surface area (Å²) in [5, 5.41) is 10.7. The first-order valence-corrected chi connectivity index (χ1v) is 46.3. The van der Waals surface area contributed by atoms with Crippen LogP contribution < -0.4 is 0 Å². The third-order valence-electron chi connectivity index (χ3n) is 19.7. The summed E-state index contributed by atoms with van der Waals surface area (Å²) < 4.78 is 68.7. The molecular formula is C85H162O17P2. The second-order valence-corrected chi connectivity index (χ2v) is 33.5. The van der Waals surface area contributed by atoms with Crippen LogP contribution in [0.4, 0.5) is 0 Å². The van der Waals surface area contributed by atoms with Gasteiger partial charge in [-0.15, -0.1) is 0 Å². The number of carbonyl (C=O) groups excluding carboxylic acids is 4. The molecule has 3 N–H and O–H groups in total. The summed E-state index contributed by atoms with van der Waals surface area (Å²) in [5.41, 5.74) is 0. The Kier molecular flexibility index (Phi) is 74.1. The molecule has 19 heteroatoms. The maximum Gasteiger partial charge on any atom is 0.472 e. The molecule has 0 amide bonds. The summed E-state index contributed by atoms with van der Waals surface area (Å²) in [7, 11) is -9.94. The molecule has 0 aromatic rings. The van der Waals surface area contributed by atoms with Gasteiger partial charge < -0.3 is 33.8 Å². The number of aliphatic hydroxyl groups excluding tert-OH is 1. The van der Waals surface area contributed by atoms with Crippen molar-refractivity contribution in [2.75, 3.05) is 39.6 Å². The number of phosphoric ester groups is 2. The van der Waals surface area contributed by atoms with Gasteiger partial charge in [0.25, 0.3) is 0 Å². The highest BCUT2D eigenvalue weighted by molar-refractivity contribution is 7.47. The Bertz CT molecular complexity index is 2090. The van der Waals surface area contributed by atoms with Crippen molar-refractivity contribution >= 4 is 39.5 Å². The summed E-state index contributed by atoms with van der Waals surface area (Å²) in [4.78, 5) is 73.1. The molecule has 614 valence electrons. The molecule has 0 aromatic heterocycles. The molecule has 0 heterocycles. The molecule has 0 fully saturated rings. The molecule has 0 aliphatic rings. The van der Waals surface area contributed by atoms with Gasteiger partial charge in [0.05, 0.1) is 26.4 Å². The lowest BCUT2D eigenvalue weighted by Gasteiger charge is -2.21. The Balaban J connectivity index is 5.23. The number of hydrogen-bond donors (Lipinski definition) is 3. The molecule has 17 nitrogen and oxygen atoms in total. The molecule has 6 atom stereocenters. The number of hydrogen-bond acceptors (Lipinski definition) is 15. The second kappa shape index (κ2) is 75.9. The predicted molar refractivity (Wildman–Crippen MR) is 427 cm³/mol. The van der Waals surface area contributed by atoms with Crippen LogP contribution in [0, 0.1) is 11.8 Å². The Morgan fingerprint density at radius 3 is 0.865 bits per heavy atom. The summed E-state index contributed by atoms with van der Waals surface area (Å²) >= 11 is 0. The standard InChI is InChI=1S/C85H162O17P2/c1-7-10-12-14-16-18-20-22-24-25-29-33-36-40-44-48-55-61-67-82(87)95-73-80(101-84(89)69-64-58-50-46-42-38-34-30-27-26-28-32-35-39-43-47-54-60-66-78(6)9-3)75-99-103(91,92)97-71-79(86)72-98-104(93,94)100-76-81(74-96-83(88)68-62-56-52-51-53-59-65-77(4)5)102-85(90)70-63-57-49-45-41-37-31-23-21-19-17-15-13-11-8-2/h19,21,23,31,77-81,86H,7-18,20,22,24-30,32-76H2,1-6H3,(H,91,92)(H,93,94)/b21-19-,31-23-/t78?,79-,80-,81-/m1/s1. The number of ether oxygens (including phenoxy) is 4. The number of rotatable bonds is 82. The molecule has 0 saturated heterocycles. The maximum absolute atomic E-state index is 13.1. The number of carbonyl (C=O) groups is 4. The van der Waals surface area contributed by atoms with Crippen LogP contribution in [0.1, 0.15) is 427 Å². The van der Waals surface area contributed by atoms with Crippen molar-refractivity contribution in [3.8, 4) is 0 Å². The second-order valence-electron chi connectivity index (χ2n) is 30.6. The first-order chi connectivity index (χ1) is 50.4. The molecule has 3 unspecified atom stereocenters. The topological polar surface area (TPSA) is 237 Å². The van der Waals surface area contributed by atoms with E-state index in [0.29, 0.717) is 31.6 Å². The van der Waals surface area contributed by atoms with Crippen molar-refractivity contribution in [3.63, 3.8) is 0 Å². The Hall–Kier alpha value is -2.46. The minimum absolute atomic E-state index is 0.0842. The van der Waals surface area contributed by atoms with Crippen molar-refractivity contribution in [2.45, 2.75) is 445 Å². The highest BCUT2D eigenvalue weighted by Crippen LogP contribution is 2.45. The van der Waals surface area contributed by atoms with Gasteiger partial charge >= 0.3 is 39.5 Å². The van der Waals surface area contributed by atoms with Gasteiger partial charge in [-0.25, -0.2) is 9.13 Å². The molecule has 0 spiro atoms. The van der Waals surface area contributed by atoms with E-state index in [-0.39, 0.29) is 25.7 Å². The summed E-state index contributed by atoms with van der Waals surface area (Å²) in [5.74, 6) is -0.592. The summed E-state index contributed by atoms with van der Waals surface area (Å²) in [6.45, 7) is 9.57. The zero-order valence-corrected chi connectivity index (χ0v) is 69.6. The Labute approximate surface area is 637 Å². The summed E-state index contributed by atoms with van der Waals surface area (Å²) in [6.07, 6.45) is 70.4. The fourth-order valence-corrected chi connectivity index (χ4v) is 14.3. The van der Waals surface area contributed by atoms with Gasteiger partial charge in [-0.05, 0) is 63.2 Å². The quantitative estimate of drug-likeness (QED) is 0.0169. The van der Waals surface area contributed by atoms with Crippen LogP contribution in [-0.2, 0) is 65.4 Å². The fourth-order valence-electron chi connectivity index (χ4n) is 12.7. The number of aliphatic hydroxyl groups is 1. The first kappa shape index (κ1) is 102. The lowest BCUT2D eigenvalue weighted by atomic mass is 9.99. The van der Waals surface area contributed by atoms with E-state index < -0.39 is 97.5 Å². The molecule has 104 heavy (non-hydrogen) atoms. The van der Waals surface area contributed by atoms with Gasteiger partial charge in [-0.3, -0.25) is 37.3 Å². The van der Waals surface area contributed by atoms with Crippen molar-refractivity contribution in [2.24, 2.45) is 11.8 Å². The van der Waals surface area contributed by atoms with Crippen molar-refractivity contribution in [3.05, 3.63) is 24.3 Å². The van der Waals surface area contributed by atoms with Gasteiger partial charge in [-0.2, -0.15) is 0 Å². The Morgan fingerprint density at radius 2 is 0.567 bits per heavy atom. The highest BCUT2D eigenvalue weighted by atomic mass is 31.2. The molecular weight excluding hydrogens is 1350 g/mol. The van der Waals surface area contributed by atoms with Crippen LogP contribution in [0.3, 0.4) is 0 Å². The zero-order chi connectivity index (χ0) is 76.4. The van der Waals surface area contributed by atoms with E-state index >= 15 is 0 Å². The molecule has 0 aromatic carbocycles. The summed E-state index contributed by atoms with van der Waals surface area (Å²) in [6, 6.07) is 0. The van der Waals surface area contributed by atoms with Gasteiger partial charge in [0.2, 0.25) is 0 Å². The minimum atomic E-state index is -4.97. The van der Waals surface area contributed by atoms with E-state index in [2.05, 4.69) is 65.8 Å². The normalized spacial score (nSPS) is 14.2. The van der Waals surface area contributed by atoms with Crippen molar-refractivity contribution < 1.29 is 80.2 Å². The van der Waals surface area contributed by atoms with Gasteiger partial charge in [0.15, 0.2) is 12.2 Å². The zero-order valence-electron chi connectivity index (χ0n) is 67.8. The van der Waals surface area contributed by atoms with E-state index in [1.165, 1.54) is 225 Å². The number of unbranched alkanes of at least 4 members (excludes halogenated alkanes) is 48. The van der Waals surface area contributed by atoms with Crippen LogP contribution in [0.5, 0.6) is 0 Å². The van der Waals surface area contributed by atoms with E-state index in [1.807, 2.05) is 0 Å². The average Bonchev–Trinajstić information content (AvgIpc) is 0.918. The lowest BCUT2D eigenvalue weighted by Crippen LogP contribution is -2.30. The van der Waals surface area contributed by atoms with Crippen LogP contribution in [0.25, 0.3) is 0 Å². The molecule has 0 bridgehead atoms. The molecule has 0 aliphatic heterocycles. The number of phosphoric acid groups is 2. The SMILES string of the molecule is CCCCCC/C=C\C=C/CCCCCCCC(=O)O[C@H](COC(=O)CCCCCCCCC(C)C)COP(=O)(O)OC[C@H](O)COP(=O)(O)OC[C@@H](COC(=O)CCCCCCCCCCCCCCCCCCCC)OC(=O)CCCCCCCCCCCCCCCCCCCCC(C)CC. The number of esters is 4. The highest BCUT2D eigenvalue weighted by Gasteiger charge is 2.30. The Morgan fingerprint density at radius 1 is 0.317 bits per heavy atom. The van der Waals surface area contributed by atoms with Crippen molar-refractivity contribution in [1.82, 2.24) is 0 Å². The van der Waals surface area contributed by atoms with Crippen LogP contribution in [0.2, 0.25) is 0 Å². The van der Waals surface area contributed by atoms with Gasteiger partial charge in [0, 0.05) is 25.7 Å². The van der Waals surface area contributed by atoms with Gasteiger partial charge in [0.1, 0.15) is 19.3 Å². The average molecular weight is 1520 g/mol. The predicted octanol–water partition coefficient (Wildman–Crippen LogP) is 25.4. The monoisotopic (exact) mass is 1520 g/mol. The van der Waals surface area contributed by atoms with Crippen LogP contribution in [0.15, 0.2) is 24.3 Å². The van der Waals surface area contributed by atoms with E-state index in [9.17, 15) is 43.2 Å². The smallest absolute Gasteiger partial charge is 0.462 e. The maximum atomic E-state index is 13.1. The van der Waals surface area contributed by atoms with Gasteiger partial charge in [-0.1, -0.05) is 374 Å². The van der Waals surface area contributed by atoms with Crippen LogP contribution >= 0.6 is 15.6 Å². The largest absolute Gasteiger partial charge is 0.472 e. The van der Waals surface area contributed by atoms with E-state index in [4.69, 9.17) is 37.0 Å². The fraction of sp³-hybridized carbons (Fsp3) is 0.906. The van der Waals surface area contributed by atoms with E-state index in [0.717, 1.165) is 115 Å². The van der Waals surface area contributed by atoms with E-state index in [1.54, 1.807) is 0 Å². The van der Waals surface area contributed by atoms with Crippen molar-refractivity contribution in [1.29, 1.82) is 0 Å². The molecule has 0 saturated carbocycles. The van der Waals surface area contributed by atoms with Crippen LogP contribution in [-0.4, -0.2) is 96.7 Å². The first-order valence-electron chi connectivity index (χ1n) is 43.3. The lowest BCUT2D eigenvalue weighted by molar-refractivity contribution is -0.161. The molecule has 0 aliphatic carbocycles. The third-order valence-corrected chi connectivity index (χ3v) is 21.6. The number of allylic oxidation sites excluding steroid dienone is 4. The minimum Gasteiger partial charge on any atom is -0.462 e. The molecule has 0 rings (SSSR count).